The fourth-order valence-corrected chi connectivity index (χ4v) is 2.04. The molecule has 0 saturated heterocycles. The molecule has 2 N–H and O–H groups in total. The van der Waals surface area contributed by atoms with E-state index in [0.29, 0.717) is 0 Å². The molecule has 1 aliphatic carbocycles. The van der Waals surface area contributed by atoms with E-state index >= 15 is 0 Å². The molecule has 19 heavy (non-hydrogen) atoms. The molecule has 3 nitrogen and oxygen atoms in total. The summed E-state index contributed by atoms with van der Waals surface area (Å²) in [6.07, 6.45) is 4.08. The Morgan fingerprint density at radius 2 is 1.89 bits per heavy atom. The van der Waals surface area contributed by atoms with E-state index in [1.165, 1.54) is 23.6 Å². The summed E-state index contributed by atoms with van der Waals surface area (Å²) in [6, 6.07) is 13.6. The molecule has 0 aliphatic heterocycles. The number of aryl methyl sites for hydroxylation is 2. The van der Waals surface area contributed by atoms with Crippen LogP contribution in [0.15, 0.2) is 36.5 Å². The molecule has 1 aromatic carbocycles. The number of fused-ring (bicyclic) bond motifs is 3. The molecule has 0 fully saturated rings. The van der Waals surface area contributed by atoms with E-state index in [9.17, 15) is 0 Å². The normalized spacial score (nSPS) is 11.0. The molecule has 4 heteroatoms. The van der Waals surface area contributed by atoms with Crippen molar-refractivity contribution in [3.05, 3.63) is 53.7 Å². The molecule has 0 amide bonds. The van der Waals surface area contributed by atoms with Crippen molar-refractivity contribution in [3.8, 4) is 11.3 Å². The Labute approximate surface area is 126 Å². The van der Waals surface area contributed by atoms with E-state index in [0.717, 1.165) is 18.5 Å². The van der Waals surface area contributed by atoms with Crippen molar-refractivity contribution in [2.24, 2.45) is 0 Å². The predicted molar refractivity (Wildman–Crippen MR) is 71.2 cm³/mol. The van der Waals surface area contributed by atoms with Crippen molar-refractivity contribution in [1.82, 2.24) is 4.98 Å². The van der Waals surface area contributed by atoms with E-state index in [4.69, 9.17) is 9.90 Å². The summed E-state index contributed by atoms with van der Waals surface area (Å²) in [5.41, 5.74) is 5.03. The van der Waals surface area contributed by atoms with Gasteiger partial charge in [-0.05, 0) is 18.2 Å². The third-order valence-corrected chi connectivity index (χ3v) is 2.73. The largest absolute Gasteiger partial charge is 0.477 e. The zero-order valence-electron chi connectivity index (χ0n) is 10.6. The summed E-state index contributed by atoms with van der Waals surface area (Å²) in [5, 5.41) is 7.53. The number of carboxylic acids is 1. The summed E-state index contributed by atoms with van der Waals surface area (Å²) in [7, 11) is 0. The minimum Gasteiger partial charge on any atom is -0.339 e. The van der Waals surface area contributed by atoms with Crippen LogP contribution in [0.5, 0.6) is 0 Å². The molecule has 2 aromatic rings. The van der Waals surface area contributed by atoms with Gasteiger partial charge in [-0.1, -0.05) is 18.1 Å². The van der Waals surface area contributed by atoms with Crippen LogP contribution in [0.25, 0.3) is 11.3 Å². The van der Waals surface area contributed by atoms with Crippen LogP contribution in [-0.4, -0.2) is 20.9 Å². The minimum atomic E-state index is -0.583. The summed E-state index contributed by atoms with van der Waals surface area (Å²) >= 11 is 0. The molecule has 0 bridgehead atoms. The van der Waals surface area contributed by atoms with Crippen LogP contribution in [0, 0.1) is 6.07 Å². The zero-order chi connectivity index (χ0) is 13.0. The van der Waals surface area contributed by atoms with Gasteiger partial charge >= 0.3 is 5.97 Å². The van der Waals surface area contributed by atoms with Crippen molar-refractivity contribution >= 4 is 5.97 Å². The van der Waals surface area contributed by atoms with Crippen LogP contribution < -0.4 is 0 Å². The average molecular weight is 434 g/mol. The Bertz CT molecular complexity index is 520. The van der Waals surface area contributed by atoms with Crippen molar-refractivity contribution in [2.45, 2.75) is 19.8 Å². The first-order valence-corrected chi connectivity index (χ1v) is 5.84. The first-order chi connectivity index (χ1) is 8.68. The van der Waals surface area contributed by atoms with Crippen molar-refractivity contribution < 1.29 is 30.0 Å². The fourth-order valence-electron chi connectivity index (χ4n) is 2.04. The van der Waals surface area contributed by atoms with E-state index in [1.54, 1.807) is 0 Å². The first-order valence-electron chi connectivity index (χ1n) is 5.84. The van der Waals surface area contributed by atoms with Gasteiger partial charge in [0.05, 0.1) is 6.92 Å². The van der Waals surface area contributed by atoms with Gasteiger partial charge in [0.2, 0.25) is 0 Å². The van der Waals surface area contributed by atoms with E-state index in [1.807, 2.05) is 24.4 Å². The van der Waals surface area contributed by atoms with Gasteiger partial charge in [-0.25, -0.2) is 0 Å². The zero-order valence-corrected chi connectivity index (χ0v) is 12.9. The SMILES string of the molecule is CC(O)=[OH+].[Ir].[c-]1cccc2c1-c1ncccc1CC2. The number of carboxylic acid groups (broad SMARTS) is 1. The van der Waals surface area contributed by atoms with Crippen LogP contribution in [0.4, 0.5) is 0 Å². The fraction of sp³-hybridized carbons (Fsp3) is 0.200. The monoisotopic (exact) mass is 434 g/mol. The summed E-state index contributed by atoms with van der Waals surface area (Å²) in [4.78, 5) is 12.0. The molecule has 3 rings (SSSR count). The molecular weight excluding hydrogens is 418 g/mol. The number of hydrogen-bond donors (Lipinski definition) is 1. The van der Waals surface area contributed by atoms with Crippen molar-refractivity contribution in [1.29, 1.82) is 0 Å². The van der Waals surface area contributed by atoms with Gasteiger partial charge in [0, 0.05) is 26.3 Å². The smallest absolute Gasteiger partial charge is 0.339 e. The maximum Gasteiger partial charge on any atom is 0.477 e. The summed E-state index contributed by atoms with van der Waals surface area (Å²) in [6.45, 7) is 1.19. The molecular formula is C15H15IrNO2. The number of rotatable bonds is 0. The van der Waals surface area contributed by atoms with Crippen molar-refractivity contribution in [2.75, 3.05) is 0 Å². The molecule has 0 unspecified atom stereocenters. The van der Waals surface area contributed by atoms with Gasteiger partial charge in [-0.3, -0.25) is 0 Å². The number of aliphatic carboxylic acids is 1. The Morgan fingerprint density at radius 1 is 1.26 bits per heavy atom. The Morgan fingerprint density at radius 3 is 2.63 bits per heavy atom. The molecule has 0 atom stereocenters. The Balaban J connectivity index is 0.000000323. The van der Waals surface area contributed by atoms with Crippen LogP contribution in [0.1, 0.15) is 18.1 Å². The second-order valence-electron chi connectivity index (χ2n) is 4.13. The third kappa shape index (κ3) is 3.98. The topological polar surface area (TPSA) is 54.5 Å². The molecule has 1 heterocycles. The maximum atomic E-state index is 7.53. The van der Waals surface area contributed by atoms with E-state index in [2.05, 4.69) is 23.2 Å². The predicted octanol–water partition coefficient (Wildman–Crippen LogP) is 2.71. The number of pyridine rings is 1. The molecule has 0 saturated carbocycles. The van der Waals surface area contributed by atoms with Gasteiger partial charge in [0.25, 0.3) is 0 Å². The van der Waals surface area contributed by atoms with Gasteiger partial charge in [0.1, 0.15) is 0 Å². The average Bonchev–Trinajstić information content (AvgIpc) is 2.38. The third-order valence-electron chi connectivity index (χ3n) is 2.73. The number of nitrogens with zero attached hydrogens (tertiary/aromatic N) is 1. The van der Waals surface area contributed by atoms with Gasteiger partial charge in [0.15, 0.2) is 0 Å². The molecule has 101 valence electrons. The number of aromatic nitrogens is 1. The molecule has 1 aromatic heterocycles. The van der Waals surface area contributed by atoms with Gasteiger partial charge in [-0.15, -0.1) is 35.4 Å². The first kappa shape index (κ1) is 15.5. The second kappa shape index (κ2) is 7.17. The number of benzene rings is 1. The van der Waals surface area contributed by atoms with E-state index in [-0.39, 0.29) is 20.1 Å². The summed E-state index contributed by atoms with van der Waals surface area (Å²) < 4.78 is 0. The minimum absolute atomic E-state index is 0. The number of hydrogen-bond acceptors (Lipinski definition) is 1. The quantitative estimate of drug-likeness (QED) is 0.513. The molecule has 1 aliphatic rings. The molecule has 1 radical (unpaired) electrons. The Hall–Kier alpha value is -1.51. The number of aliphatic hydroxyl groups excluding tert-OH is 1. The van der Waals surface area contributed by atoms with Crippen LogP contribution in [0.3, 0.4) is 0 Å². The Kier molecular flexibility index (Phi) is 5.87. The maximum absolute atomic E-state index is 7.53. The van der Waals surface area contributed by atoms with Crippen LogP contribution in [-0.2, 0) is 32.9 Å². The van der Waals surface area contributed by atoms with Crippen molar-refractivity contribution in [3.63, 3.8) is 0 Å². The van der Waals surface area contributed by atoms with Crippen LogP contribution in [0.2, 0.25) is 0 Å². The summed E-state index contributed by atoms with van der Waals surface area (Å²) in [5.74, 6) is -0.583. The van der Waals surface area contributed by atoms with Crippen LogP contribution >= 0.6 is 0 Å². The molecule has 0 spiro atoms. The second-order valence-corrected chi connectivity index (χ2v) is 4.13. The van der Waals surface area contributed by atoms with E-state index < -0.39 is 5.97 Å². The van der Waals surface area contributed by atoms with Gasteiger partial charge < -0.3 is 14.9 Å². The standard InChI is InChI=1S/C13H10N.C2H4O2.Ir/c1-2-6-12-10(4-1)7-8-11-5-3-9-14-13(11)12;1-2(3)4;/h1-5,9H,7-8H2;1H3,(H,3,4);/q-1;;/p+1. The van der Waals surface area contributed by atoms with Gasteiger partial charge in [-0.2, -0.15) is 0 Å².